The highest BCUT2D eigenvalue weighted by molar-refractivity contribution is 6.07. The van der Waals surface area contributed by atoms with Crippen LogP contribution in [-0.2, 0) is 16.6 Å². The summed E-state index contributed by atoms with van der Waals surface area (Å²) in [6, 6.07) is 11.5. The second-order valence-electron chi connectivity index (χ2n) is 6.47. The number of hydrogen-bond acceptors (Lipinski definition) is 2. The van der Waals surface area contributed by atoms with Crippen molar-refractivity contribution in [2.45, 2.75) is 25.7 Å². The molecule has 1 aliphatic heterocycles. The molecule has 2 N–H and O–H groups in total. The molecule has 24 heavy (non-hydrogen) atoms. The zero-order valence-corrected chi connectivity index (χ0v) is 13.7. The Morgan fingerprint density at radius 3 is 2.58 bits per heavy atom. The molecule has 0 fully saturated rings. The van der Waals surface area contributed by atoms with E-state index in [1.165, 1.54) is 12.1 Å². The number of amides is 2. The van der Waals surface area contributed by atoms with Crippen molar-refractivity contribution in [3.63, 3.8) is 0 Å². The molecule has 1 heterocycles. The van der Waals surface area contributed by atoms with Gasteiger partial charge in [-0.25, -0.2) is 4.39 Å². The Bertz CT molecular complexity index is 798. The SMILES string of the molecule is CC1(C)C(=O)Nc2ccc(C(=O)NCCc3ccc(F)cc3)cc21. The van der Waals surface area contributed by atoms with Crippen molar-refractivity contribution in [1.82, 2.24) is 5.32 Å². The molecule has 0 aromatic heterocycles. The van der Waals surface area contributed by atoms with Gasteiger partial charge >= 0.3 is 0 Å². The monoisotopic (exact) mass is 326 g/mol. The molecule has 0 aliphatic carbocycles. The number of hydrogen-bond donors (Lipinski definition) is 2. The predicted molar refractivity (Wildman–Crippen MR) is 90.5 cm³/mol. The minimum Gasteiger partial charge on any atom is -0.352 e. The molecule has 0 atom stereocenters. The molecule has 0 saturated heterocycles. The number of carbonyl (C=O) groups excluding carboxylic acids is 2. The highest BCUT2D eigenvalue weighted by atomic mass is 19.1. The lowest BCUT2D eigenvalue weighted by molar-refractivity contribution is -0.119. The Morgan fingerprint density at radius 1 is 1.17 bits per heavy atom. The molecule has 2 aromatic rings. The molecule has 1 aliphatic rings. The fourth-order valence-corrected chi connectivity index (χ4v) is 2.79. The summed E-state index contributed by atoms with van der Waals surface area (Å²) in [5.41, 5.74) is 2.44. The van der Waals surface area contributed by atoms with E-state index in [0.717, 1.165) is 16.8 Å². The van der Waals surface area contributed by atoms with Crippen molar-refractivity contribution in [1.29, 1.82) is 0 Å². The average Bonchev–Trinajstić information content (AvgIpc) is 2.78. The third-order valence-corrected chi connectivity index (χ3v) is 4.38. The largest absolute Gasteiger partial charge is 0.352 e. The third-order valence-electron chi connectivity index (χ3n) is 4.38. The third kappa shape index (κ3) is 3.02. The van der Waals surface area contributed by atoms with Gasteiger partial charge in [-0.1, -0.05) is 12.1 Å². The highest BCUT2D eigenvalue weighted by Gasteiger charge is 2.38. The van der Waals surface area contributed by atoms with E-state index in [-0.39, 0.29) is 17.6 Å². The maximum Gasteiger partial charge on any atom is 0.251 e. The normalized spacial score (nSPS) is 14.9. The van der Waals surface area contributed by atoms with Crippen LogP contribution in [0.25, 0.3) is 0 Å². The standard InChI is InChI=1S/C19H19FN2O2/c1-19(2)15-11-13(5-8-16(15)22-18(19)24)17(23)21-10-9-12-3-6-14(20)7-4-12/h3-8,11H,9-10H2,1-2H3,(H,21,23)(H,22,24). The van der Waals surface area contributed by atoms with Gasteiger partial charge in [0.05, 0.1) is 5.41 Å². The van der Waals surface area contributed by atoms with Crippen LogP contribution in [0.3, 0.4) is 0 Å². The minimum absolute atomic E-state index is 0.0635. The predicted octanol–water partition coefficient (Wildman–Crippen LogP) is 3.03. The van der Waals surface area contributed by atoms with Gasteiger partial charge in [-0.15, -0.1) is 0 Å². The topological polar surface area (TPSA) is 58.2 Å². The minimum atomic E-state index is -0.639. The summed E-state index contributed by atoms with van der Waals surface area (Å²) < 4.78 is 12.9. The number of benzene rings is 2. The molecular formula is C19H19FN2O2. The van der Waals surface area contributed by atoms with Crippen molar-refractivity contribution >= 4 is 17.5 Å². The van der Waals surface area contributed by atoms with Crippen molar-refractivity contribution in [3.8, 4) is 0 Å². The Balaban J connectivity index is 1.65. The first-order valence-corrected chi connectivity index (χ1v) is 7.86. The van der Waals surface area contributed by atoms with Gasteiger partial charge in [0.1, 0.15) is 5.82 Å². The number of halogens is 1. The van der Waals surface area contributed by atoms with Crippen molar-refractivity contribution < 1.29 is 14.0 Å². The average molecular weight is 326 g/mol. The van der Waals surface area contributed by atoms with Crippen LogP contribution in [0.1, 0.15) is 35.3 Å². The van der Waals surface area contributed by atoms with Crippen molar-refractivity contribution in [3.05, 3.63) is 65.0 Å². The van der Waals surface area contributed by atoms with Crippen LogP contribution < -0.4 is 10.6 Å². The van der Waals surface area contributed by atoms with E-state index in [1.807, 2.05) is 13.8 Å². The zero-order chi connectivity index (χ0) is 17.3. The smallest absolute Gasteiger partial charge is 0.251 e. The highest BCUT2D eigenvalue weighted by Crippen LogP contribution is 2.37. The van der Waals surface area contributed by atoms with Crippen LogP contribution in [0.4, 0.5) is 10.1 Å². The Kier molecular flexibility index (Phi) is 4.09. The summed E-state index contributed by atoms with van der Waals surface area (Å²) in [5.74, 6) is -0.520. The van der Waals surface area contributed by atoms with Crippen LogP contribution in [0, 0.1) is 5.82 Å². The number of nitrogens with one attached hydrogen (secondary N) is 2. The molecule has 4 nitrogen and oxygen atoms in total. The lowest BCUT2D eigenvalue weighted by atomic mass is 9.85. The van der Waals surface area contributed by atoms with Crippen molar-refractivity contribution in [2.24, 2.45) is 0 Å². The Hall–Kier alpha value is -2.69. The molecule has 2 aromatic carbocycles. The first-order valence-electron chi connectivity index (χ1n) is 7.86. The summed E-state index contributed by atoms with van der Waals surface area (Å²) in [5, 5.41) is 5.68. The number of fused-ring (bicyclic) bond motifs is 1. The van der Waals surface area contributed by atoms with Gasteiger partial charge < -0.3 is 10.6 Å². The van der Waals surface area contributed by atoms with Gasteiger partial charge in [-0.3, -0.25) is 9.59 Å². The van der Waals surface area contributed by atoms with E-state index < -0.39 is 5.41 Å². The number of carbonyl (C=O) groups is 2. The van der Waals surface area contributed by atoms with Gasteiger partial charge in [-0.2, -0.15) is 0 Å². The van der Waals surface area contributed by atoms with Crippen LogP contribution in [-0.4, -0.2) is 18.4 Å². The van der Waals surface area contributed by atoms with Gasteiger partial charge in [0.25, 0.3) is 5.91 Å². The lowest BCUT2D eigenvalue weighted by Gasteiger charge is -2.15. The molecule has 3 rings (SSSR count). The van der Waals surface area contributed by atoms with Gasteiger partial charge in [0, 0.05) is 17.8 Å². The molecule has 0 unspecified atom stereocenters. The van der Waals surface area contributed by atoms with Crippen LogP contribution in [0.15, 0.2) is 42.5 Å². The van der Waals surface area contributed by atoms with Crippen LogP contribution >= 0.6 is 0 Å². The molecule has 0 bridgehead atoms. The number of anilines is 1. The maximum atomic E-state index is 12.9. The second kappa shape index (κ2) is 6.07. The van der Waals surface area contributed by atoms with Crippen molar-refractivity contribution in [2.75, 3.05) is 11.9 Å². The zero-order valence-electron chi connectivity index (χ0n) is 13.7. The van der Waals surface area contributed by atoms with E-state index in [4.69, 9.17) is 0 Å². The van der Waals surface area contributed by atoms with E-state index in [0.29, 0.717) is 18.5 Å². The fourth-order valence-electron chi connectivity index (χ4n) is 2.79. The van der Waals surface area contributed by atoms with Crippen LogP contribution in [0.2, 0.25) is 0 Å². The molecule has 2 amide bonds. The van der Waals surface area contributed by atoms with Gasteiger partial charge in [0.15, 0.2) is 0 Å². The van der Waals surface area contributed by atoms with E-state index in [9.17, 15) is 14.0 Å². The molecule has 0 saturated carbocycles. The molecular weight excluding hydrogens is 307 g/mol. The fraction of sp³-hybridized carbons (Fsp3) is 0.263. The maximum absolute atomic E-state index is 12.9. The van der Waals surface area contributed by atoms with E-state index in [1.54, 1.807) is 30.3 Å². The quantitative estimate of drug-likeness (QED) is 0.907. The first-order chi connectivity index (χ1) is 11.4. The van der Waals surface area contributed by atoms with E-state index >= 15 is 0 Å². The Labute approximate surface area is 140 Å². The lowest BCUT2D eigenvalue weighted by Crippen LogP contribution is -2.28. The van der Waals surface area contributed by atoms with Gasteiger partial charge in [-0.05, 0) is 61.7 Å². The summed E-state index contributed by atoms with van der Waals surface area (Å²) in [6.07, 6.45) is 0.627. The van der Waals surface area contributed by atoms with Gasteiger partial charge in [0.2, 0.25) is 5.91 Å². The summed E-state index contributed by atoms with van der Waals surface area (Å²) in [6.45, 7) is 4.14. The summed E-state index contributed by atoms with van der Waals surface area (Å²) in [4.78, 5) is 24.3. The van der Waals surface area contributed by atoms with E-state index in [2.05, 4.69) is 10.6 Å². The molecule has 0 radical (unpaired) electrons. The number of rotatable bonds is 4. The van der Waals surface area contributed by atoms with Crippen LogP contribution in [0.5, 0.6) is 0 Å². The molecule has 0 spiro atoms. The first kappa shape index (κ1) is 16.2. The Morgan fingerprint density at radius 2 is 1.88 bits per heavy atom. The summed E-state index contributed by atoms with van der Waals surface area (Å²) in [7, 11) is 0. The summed E-state index contributed by atoms with van der Waals surface area (Å²) >= 11 is 0. The molecule has 124 valence electrons. The second-order valence-corrected chi connectivity index (χ2v) is 6.47. The molecule has 5 heteroatoms.